The molecule has 0 spiro atoms. The monoisotopic (exact) mass is 306 g/mol. The van der Waals surface area contributed by atoms with E-state index in [0.717, 1.165) is 22.4 Å². The van der Waals surface area contributed by atoms with Gasteiger partial charge in [-0.25, -0.2) is 9.47 Å². The van der Waals surface area contributed by atoms with Crippen LogP contribution in [0.4, 0.5) is 30.2 Å². The highest BCUT2D eigenvalue weighted by Crippen LogP contribution is 2.59. The first kappa shape index (κ1) is 13.1. The van der Waals surface area contributed by atoms with Gasteiger partial charge in [0.05, 0.1) is 13.2 Å². The summed E-state index contributed by atoms with van der Waals surface area (Å²) in [6, 6.07) is 8.01. The minimum Gasteiger partial charge on any atom is -0.399 e. The molecular formula is C15H11F3N3O+. The number of quaternary nitrogens is 1. The van der Waals surface area contributed by atoms with Crippen molar-refractivity contribution in [2.45, 2.75) is 6.36 Å². The molecule has 1 aliphatic heterocycles. The number of para-hydroxylation sites is 2. The van der Waals surface area contributed by atoms with Crippen LogP contribution in [0.25, 0.3) is 11.0 Å². The second kappa shape index (κ2) is 4.01. The van der Waals surface area contributed by atoms with Crippen molar-refractivity contribution in [2.24, 2.45) is 0 Å². The third-order valence-corrected chi connectivity index (χ3v) is 4.07. The van der Waals surface area contributed by atoms with Gasteiger partial charge in [-0.1, -0.05) is 12.1 Å². The summed E-state index contributed by atoms with van der Waals surface area (Å²) >= 11 is 0. The van der Waals surface area contributed by atoms with Crippen LogP contribution in [0.15, 0.2) is 42.7 Å². The molecule has 1 N–H and O–H groups in total. The van der Waals surface area contributed by atoms with Crippen LogP contribution in [0.2, 0.25) is 0 Å². The topological polar surface area (TPSA) is 37.9 Å². The molecule has 0 saturated carbocycles. The summed E-state index contributed by atoms with van der Waals surface area (Å²) in [4.78, 5) is 7.25. The third kappa shape index (κ3) is 1.59. The van der Waals surface area contributed by atoms with Gasteiger partial charge in [-0.05, 0) is 6.07 Å². The van der Waals surface area contributed by atoms with Crippen molar-refractivity contribution < 1.29 is 17.9 Å². The van der Waals surface area contributed by atoms with Gasteiger partial charge in [0.1, 0.15) is 11.0 Å². The Kier molecular flexibility index (Phi) is 2.40. The van der Waals surface area contributed by atoms with Crippen LogP contribution < -0.4 is 9.22 Å². The smallest absolute Gasteiger partial charge is 0.399 e. The maximum absolute atomic E-state index is 12.7. The standard InChI is InChI=1S/C15H11F3N3O/c1-21(9-4-2-3-5-12(9)22-15(16,17)18)10-6-7-19-14-13(10)11(21)8-20-14/h2-8H,1H3,(H,19,20)/q+1. The Labute approximate surface area is 123 Å². The van der Waals surface area contributed by atoms with Gasteiger partial charge in [-0.15, -0.1) is 13.2 Å². The molecule has 2 aromatic heterocycles. The molecule has 0 radical (unpaired) electrons. The second-order valence-electron chi connectivity index (χ2n) is 5.25. The SMILES string of the molecule is C[N+]1(c2ccccc2OC(F)(F)F)c2ccnc3[nH]cc1c23. The molecule has 1 atom stereocenters. The molecule has 0 bridgehead atoms. The number of benzene rings is 1. The van der Waals surface area contributed by atoms with Crippen molar-refractivity contribution in [3.63, 3.8) is 0 Å². The van der Waals surface area contributed by atoms with E-state index in [1.807, 2.05) is 13.1 Å². The van der Waals surface area contributed by atoms with Crippen molar-refractivity contribution in [3.05, 3.63) is 42.7 Å². The van der Waals surface area contributed by atoms with Gasteiger partial charge >= 0.3 is 6.36 Å². The lowest BCUT2D eigenvalue weighted by Gasteiger charge is -2.39. The fourth-order valence-corrected chi connectivity index (χ4v) is 3.12. The van der Waals surface area contributed by atoms with E-state index in [2.05, 4.69) is 14.7 Å². The summed E-state index contributed by atoms with van der Waals surface area (Å²) in [5, 5.41) is 0.951. The van der Waals surface area contributed by atoms with Gasteiger partial charge in [0.25, 0.3) is 0 Å². The van der Waals surface area contributed by atoms with E-state index in [1.165, 1.54) is 12.1 Å². The van der Waals surface area contributed by atoms with Crippen molar-refractivity contribution in [3.8, 4) is 5.75 Å². The summed E-state index contributed by atoms with van der Waals surface area (Å²) < 4.78 is 42.3. The lowest BCUT2D eigenvalue weighted by molar-refractivity contribution is -0.274. The van der Waals surface area contributed by atoms with Crippen LogP contribution in [0.1, 0.15) is 0 Å². The minimum absolute atomic E-state index is 0.143. The number of halogens is 3. The van der Waals surface area contributed by atoms with Crippen molar-refractivity contribution in [1.82, 2.24) is 14.5 Å². The summed E-state index contributed by atoms with van der Waals surface area (Å²) in [6.45, 7) is 0. The Morgan fingerprint density at radius 2 is 1.86 bits per heavy atom. The molecule has 1 aliphatic rings. The number of aromatic amines is 1. The Morgan fingerprint density at radius 1 is 1.09 bits per heavy atom. The summed E-state index contributed by atoms with van der Waals surface area (Å²) in [5.74, 6) is -0.200. The summed E-state index contributed by atoms with van der Waals surface area (Å²) in [7, 11) is 1.84. The molecule has 112 valence electrons. The average Bonchev–Trinajstić information content (AvgIpc) is 2.88. The fourth-order valence-electron chi connectivity index (χ4n) is 3.12. The predicted octanol–water partition coefficient (Wildman–Crippen LogP) is 4.38. The third-order valence-electron chi connectivity index (χ3n) is 4.07. The molecule has 22 heavy (non-hydrogen) atoms. The number of H-pyrrole nitrogens is 1. The quantitative estimate of drug-likeness (QED) is 0.714. The van der Waals surface area contributed by atoms with Crippen LogP contribution in [0, 0.1) is 0 Å². The van der Waals surface area contributed by atoms with Crippen LogP contribution in [-0.2, 0) is 0 Å². The van der Waals surface area contributed by atoms with Crippen LogP contribution >= 0.6 is 0 Å². The van der Waals surface area contributed by atoms with Gasteiger partial charge in [0, 0.05) is 18.3 Å². The predicted molar refractivity (Wildman–Crippen MR) is 76.3 cm³/mol. The Hall–Kier alpha value is -2.54. The van der Waals surface area contributed by atoms with Crippen molar-refractivity contribution in [1.29, 1.82) is 0 Å². The number of aromatic nitrogens is 2. The number of hydrogen-bond acceptors (Lipinski definition) is 2. The first-order chi connectivity index (χ1) is 10.4. The van der Waals surface area contributed by atoms with Crippen LogP contribution in [0.3, 0.4) is 0 Å². The van der Waals surface area contributed by atoms with Crippen LogP contribution in [0.5, 0.6) is 5.75 Å². The first-order valence-corrected chi connectivity index (χ1v) is 6.60. The van der Waals surface area contributed by atoms with Crippen molar-refractivity contribution >= 4 is 28.1 Å². The molecule has 0 saturated heterocycles. The van der Waals surface area contributed by atoms with E-state index in [1.54, 1.807) is 24.5 Å². The highest BCUT2D eigenvalue weighted by atomic mass is 19.4. The van der Waals surface area contributed by atoms with Gasteiger partial charge in [0.15, 0.2) is 22.8 Å². The number of hydrogen-bond donors (Lipinski definition) is 1. The largest absolute Gasteiger partial charge is 0.573 e. The number of nitrogens with zero attached hydrogens (tertiary/aromatic N) is 2. The summed E-state index contributed by atoms with van der Waals surface area (Å²) in [5.41, 5.74) is 2.92. The van der Waals surface area contributed by atoms with Crippen LogP contribution in [-0.4, -0.2) is 23.4 Å². The molecule has 0 amide bonds. The van der Waals surface area contributed by atoms with E-state index >= 15 is 0 Å². The van der Waals surface area contributed by atoms with Gasteiger partial charge in [0.2, 0.25) is 0 Å². The van der Waals surface area contributed by atoms with Gasteiger partial charge in [-0.2, -0.15) is 0 Å². The number of nitrogens with one attached hydrogen (secondary N) is 1. The highest BCUT2D eigenvalue weighted by molar-refractivity contribution is 6.11. The number of pyridine rings is 1. The van der Waals surface area contributed by atoms with E-state index in [-0.39, 0.29) is 10.2 Å². The zero-order chi connectivity index (χ0) is 15.5. The molecule has 7 heteroatoms. The highest BCUT2D eigenvalue weighted by Gasteiger charge is 2.48. The van der Waals surface area contributed by atoms with Gasteiger partial charge in [-0.3, -0.25) is 0 Å². The zero-order valence-corrected chi connectivity index (χ0v) is 11.5. The molecular weight excluding hydrogens is 295 g/mol. The lowest BCUT2D eigenvalue weighted by atomic mass is 10.0. The molecule has 0 aliphatic carbocycles. The molecule has 4 rings (SSSR count). The van der Waals surface area contributed by atoms with E-state index in [0.29, 0.717) is 5.69 Å². The first-order valence-electron chi connectivity index (χ1n) is 6.60. The Morgan fingerprint density at radius 3 is 2.64 bits per heavy atom. The normalized spacial score (nSPS) is 20.0. The number of ether oxygens (including phenoxy) is 1. The molecule has 1 unspecified atom stereocenters. The second-order valence-corrected chi connectivity index (χ2v) is 5.25. The van der Waals surface area contributed by atoms with Crippen molar-refractivity contribution in [2.75, 3.05) is 7.05 Å². The summed E-state index contributed by atoms with van der Waals surface area (Å²) in [6.07, 6.45) is -1.31. The molecule has 4 nitrogen and oxygen atoms in total. The Balaban J connectivity index is 1.90. The maximum atomic E-state index is 12.7. The number of rotatable bonds is 2. The molecule has 1 aromatic carbocycles. The van der Waals surface area contributed by atoms with E-state index in [9.17, 15) is 13.2 Å². The Bertz CT molecular complexity index is 887. The van der Waals surface area contributed by atoms with E-state index in [4.69, 9.17) is 0 Å². The van der Waals surface area contributed by atoms with Gasteiger partial charge < -0.3 is 9.72 Å². The maximum Gasteiger partial charge on any atom is 0.573 e. The fraction of sp³-hybridized carbons (Fsp3) is 0.133. The molecule has 3 aromatic rings. The average molecular weight is 306 g/mol. The number of alkyl halides is 3. The molecule has 0 fully saturated rings. The van der Waals surface area contributed by atoms with E-state index < -0.39 is 6.36 Å². The minimum atomic E-state index is -4.73. The zero-order valence-electron chi connectivity index (χ0n) is 11.5. The lowest BCUT2D eigenvalue weighted by Crippen LogP contribution is -2.39. The molecule has 3 heterocycles.